The molecule has 0 spiro atoms. The highest BCUT2D eigenvalue weighted by Crippen LogP contribution is 2.28. The summed E-state index contributed by atoms with van der Waals surface area (Å²) in [6.45, 7) is 0. The molecule has 0 aliphatic heterocycles. The van der Waals surface area contributed by atoms with Crippen molar-refractivity contribution in [1.82, 2.24) is 9.97 Å². The smallest absolute Gasteiger partial charge is 0.301 e. The molecule has 23 heavy (non-hydrogen) atoms. The van der Waals surface area contributed by atoms with Crippen LogP contribution in [0.4, 0.5) is 17.1 Å². The molecule has 0 amide bonds. The minimum atomic E-state index is -0.780. The van der Waals surface area contributed by atoms with Gasteiger partial charge in [0.05, 0.1) is 27.7 Å². The van der Waals surface area contributed by atoms with Crippen LogP contribution in [0, 0.1) is 25.0 Å². The molecule has 1 aromatic carbocycles. The van der Waals surface area contributed by atoms with Gasteiger partial charge in [-0.05, 0) is 18.3 Å². The molecule has 2 aromatic rings. The highest BCUT2D eigenvalue weighted by Gasteiger charge is 2.19. The van der Waals surface area contributed by atoms with Gasteiger partial charge in [-0.2, -0.15) is 5.10 Å². The Morgan fingerprint density at radius 3 is 2.61 bits per heavy atom. The number of hydrazone groups is 1. The van der Waals surface area contributed by atoms with E-state index in [-0.39, 0.29) is 16.0 Å². The summed E-state index contributed by atoms with van der Waals surface area (Å²) in [4.78, 5) is 36.5. The minimum Gasteiger partial charge on any atom is -0.338 e. The van der Waals surface area contributed by atoms with E-state index < -0.39 is 26.8 Å². The zero-order valence-electron chi connectivity index (χ0n) is 11.2. The van der Waals surface area contributed by atoms with E-state index >= 15 is 0 Å². The highest BCUT2D eigenvalue weighted by atomic mass is 32.1. The summed E-state index contributed by atoms with van der Waals surface area (Å²) in [6.07, 6.45) is 2.44. The lowest BCUT2D eigenvalue weighted by Crippen LogP contribution is -2.13. The molecule has 118 valence electrons. The number of aromatic amines is 2. The maximum atomic E-state index is 11.5. The molecular formula is C11H8N6O5S. The number of H-pyrrole nitrogens is 2. The van der Waals surface area contributed by atoms with Crippen LogP contribution in [-0.2, 0) is 0 Å². The molecule has 0 saturated heterocycles. The first-order chi connectivity index (χ1) is 10.9. The van der Waals surface area contributed by atoms with Crippen LogP contribution in [0.5, 0.6) is 0 Å². The van der Waals surface area contributed by atoms with Gasteiger partial charge >= 0.3 is 5.69 Å². The van der Waals surface area contributed by atoms with Gasteiger partial charge in [0, 0.05) is 12.3 Å². The van der Waals surface area contributed by atoms with Crippen molar-refractivity contribution in [2.45, 2.75) is 0 Å². The standard InChI is InChI=1S/C11H8N6O5S/c18-10-6(4-12-11(23)14-10)5-13-15-8-2-1-7(16(19)20)3-9(8)17(21)22/h1-5,15H,(H2,12,14,18,23). The first kappa shape index (κ1) is 16.0. The van der Waals surface area contributed by atoms with E-state index in [0.717, 1.165) is 24.4 Å². The summed E-state index contributed by atoms with van der Waals surface area (Å²) < 4.78 is 0.145. The van der Waals surface area contributed by atoms with Gasteiger partial charge in [-0.15, -0.1) is 0 Å². The summed E-state index contributed by atoms with van der Waals surface area (Å²) in [6, 6.07) is 3.05. The number of benzene rings is 1. The Morgan fingerprint density at radius 1 is 1.26 bits per heavy atom. The molecule has 0 aliphatic rings. The fourth-order valence-electron chi connectivity index (χ4n) is 1.57. The number of hydrogen-bond donors (Lipinski definition) is 3. The molecule has 0 fully saturated rings. The Bertz CT molecular complexity index is 918. The van der Waals surface area contributed by atoms with Crippen molar-refractivity contribution in [2.75, 3.05) is 5.43 Å². The SMILES string of the molecule is O=c1[nH]c(=S)[nH]cc1C=NNc1ccc([N+](=O)[O-])cc1[N+](=O)[O-]. The number of hydrogen-bond acceptors (Lipinski definition) is 8. The molecule has 0 saturated carbocycles. The lowest BCUT2D eigenvalue weighted by molar-refractivity contribution is -0.393. The lowest BCUT2D eigenvalue weighted by Gasteiger charge is -2.01. The van der Waals surface area contributed by atoms with E-state index in [2.05, 4.69) is 20.5 Å². The number of nitro benzene ring substituents is 2. The molecule has 1 aromatic heterocycles. The van der Waals surface area contributed by atoms with Gasteiger partial charge < -0.3 is 4.98 Å². The number of rotatable bonds is 5. The van der Waals surface area contributed by atoms with Crippen molar-refractivity contribution in [3.63, 3.8) is 0 Å². The van der Waals surface area contributed by atoms with Gasteiger partial charge in [-0.3, -0.25) is 35.4 Å². The van der Waals surface area contributed by atoms with Crippen LogP contribution in [0.25, 0.3) is 0 Å². The number of nitro groups is 2. The summed E-state index contributed by atoms with van der Waals surface area (Å²) in [5.74, 6) is 0. The predicted octanol–water partition coefficient (Wildman–Crippen LogP) is 1.69. The first-order valence-corrected chi connectivity index (χ1v) is 6.33. The average Bonchev–Trinajstić information content (AvgIpc) is 2.49. The van der Waals surface area contributed by atoms with Crippen molar-refractivity contribution in [3.8, 4) is 0 Å². The number of anilines is 1. The second-order valence-corrected chi connectivity index (χ2v) is 4.52. The maximum absolute atomic E-state index is 11.5. The molecular weight excluding hydrogens is 328 g/mol. The number of nitrogens with zero attached hydrogens (tertiary/aromatic N) is 3. The van der Waals surface area contributed by atoms with E-state index in [0.29, 0.717) is 0 Å². The van der Waals surface area contributed by atoms with Crippen LogP contribution in [0.2, 0.25) is 0 Å². The molecule has 0 unspecified atom stereocenters. The third-order valence-corrected chi connectivity index (χ3v) is 2.85. The van der Waals surface area contributed by atoms with Crippen LogP contribution in [0.1, 0.15) is 5.56 Å². The average molecular weight is 336 g/mol. The van der Waals surface area contributed by atoms with E-state index in [1.807, 2.05) is 0 Å². The summed E-state index contributed by atoms with van der Waals surface area (Å²) in [7, 11) is 0. The topological polar surface area (TPSA) is 159 Å². The van der Waals surface area contributed by atoms with E-state index in [1.165, 1.54) is 6.20 Å². The van der Waals surface area contributed by atoms with Gasteiger partial charge in [-0.25, -0.2) is 0 Å². The minimum absolute atomic E-state index is 0.0582. The van der Waals surface area contributed by atoms with Crippen molar-refractivity contribution in [2.24, 2.45) is 5.10 Å². The number of aromatic nitrogens is 2. The number of non-ortho nitro benzene ring substituents is 1. The Labute approximate surface area is 132 Å². The normalized spacial score (nSPS) is 10.6. The molecule has 12 heteroatoms. The predicted molar refractivity (Wildman–Crippen MR) is 83.2 cm³/mol. The molecule has 0 aliphatic carbocycles. The largest absolute Gasteiger partial charge is 0.338 e. The van der Waals surface area contributed by atoms with E-state index in [4.69, 9.17) is 12.2 Å². The molecule has 11 nitrogen and oxygen atoms in total. The third-order valence-electron chi connectivity index (χ3n) is 2.63. The fraction of sp³-hybridized carbons (Fsp3) is 0. The van der Waals surface area contributed by atoms with Crippen molar-refractivity contribution >= 4 is 35.5 Å². The molecule has 0 radical (unpaired) electrons. The van der Waals surface area contributed by atoms with E-state index in [1.54, 1.807) is 0 Å². The quantitative estimate of drug-likeness (QED) is 0.324. The Hall–Kier alpha value is -3.41. The van der Waals surface area contributed by atoms with Crippen LogP contribution in [0.3, 0.4) is 0 Å². The Kier molecular flexibility index (Phi) is 4.56. The van der Waals surface area contributed by atoms with Crippen molar-refractivity contribution in [3.05, 3.63) is 65.3 Å². The van der Waals surface area contributed by atoms with Gasteiger partial charge in [-0.1, -0.05) is 0 Å². The van der Waals surface area contributed by atoms with Gasteiger partial charge in [0.2, 0.25) is 0 Å². The van der Waals surface area contributed by atoms with Crippen molar-refractivity contribution < 1.29 is 9.85 Å². The summed E-state index contributed by atoms with van der Waals surface area (Å²) >= 11 is 4.73. The zero-order chi connectivity index (χ0) is 17.0. The van der Waals surface area contributed by atoms with Crippen LogP contribution >= 0.6 is 12.2 Å². The highest BCUT2D eigenvalue weighted by molar-refractivity contribution is 7.71. The van der Waals surface area contributed by atoms with Gasteiger partial charge in [0.15, 0.2) is 4.77 Å². The van der Waals surface area contributed by atoms with Crippen LogP contribution in [0.15, 0.2) is 34.3 Å². The fourth-order valence-corrected chi connectivity index (χ4v) is 1.72. The van der Waals surface area contributed by atoms with Gasteiger partial charge in [0.1, 0.15) is 5.69 Å². The lowest BCUT2D eigenvalue weighted by atomic mass is 10.2. The maximum Gasteiger partial charge on any atom is 0.301 e. The molecule has 1 heterocycles. The molecule has 2 rings (SSSR count). The van der Waals surface area contributed by atoms with Crippen LogP contribution < -0.4 is 11.0 Å². The monoisotopic (exact) mass is 336 g/mol. The second-order valence-electron chi connectivity index (χ2n) is 4.11. The third kappa shape index (κ3) is 3.82. The molecule has 3 N–H and O–H groups in total. The summed E-state index contributed by atoms with van der Waals surface area (Å²) in [5, 5.41) is 25.3. The summed E-state index contributed by atoms with van der Waals surface area (Å²) in [5.41, 5.74) is 1.02. The van der Waals surface area contributed by atoms with Crippen molar-refractivity contribution in [1.29, 1.82) is 0 Å². The Morgan fingerprint density at radius 2 is 2.00 bits per heavy atom. The Balaban J connectivity index is 2.27. The molecule has 0 atom stereocenters. The number of nitrogens with one attached hydrogen (secondary N) is 3. The first-order valence-electron chi connectivity index (χ1n) is 5.92. The van der Waals surface area contributed by atoms with Crippen LogP contribution in [-0.4, -0.2) is 26.0 Å². The molecule has 0 bridgehead atoms. The zero-order valence-corrected chi connectivity index (χ0v) is 12.0. The van der Waals surface area contributed by atoms with Gasteiger partial charge in [0.25, 0.3) is 11.2 Å². The van der Waals surface area contributed by atoms with E-state index in [9.17, 15) is 25.0 Å². The second kappa shape index (κ2) is 6.57.